The summed E-state index contributed by atoms with van der Waals surface area (Å²) in [5, 5.41) is 11.1. The van der Waals surface area contributed by atoms with Gasteiger partial charge in [-0.15, -0.1) is 0 Å². The van der Waals surface area contributed by atoms with E-state index in [4.69, 9.17) is 0 Å². The van der Waals surface area contributed by atoms with Gasteiger partial charge >= 0.3 is 6.18 Å². The molecule has 1 atom stereocenters. The molecular weight excluding hydrogens is 330 g/mol. The number of hydrogen-bond acceptors (Lipinski definition) is 1. The number of benzene rings is 1. The van der Waals surface area contributed by atoms with Crippen LogP contribution in [0.25, 0.3) is 5.70 Å². The molecule has 1 unspecified atom stereocenters. The van der Waals surface area contributed by atoms with Crippen molar-refractivity contribution in [2.75, 3.05) is 6.54 Å². The van der Waals surface area contributed by atoms with Crippen LogP contribution < -0.4 is 5.06 Å². The number of halogens is 5. The van der Waals surface area contributed by atoms with Gasteiger partial charge in [0.15, 0.2) is 5.83 Å². The summed E-state index contributed by atoms with van der Waals surface area (Å²) in [6.45, 7) is -0.422. The van der Waals surface area contributed by atoms with E-state index in [1.807, 2.05) is 0 Å². The van der Waals surface area contributed by atoms with Crippen molar-refractivity contribution in [1.29, 1.82) is 0 Å². The zero-order valence-electron chi connectivity index (χ0n) is 9.39. The molecule has 7 heteroatoms. The number of hydrogen-bond donors (Lipinski definition) is 1. The molecule has 0 spiro atoms. The Labute approximate surface area is 114 Å². The van der Waals surface area contributed by atoms with Gasteiger partial charge in [-0.25, -0.2) is 4.39 Å². The third-order valence-electron chi connectivity index (χ3n) is 2.64. The first kappa shape index (κ1) is 14.2. The topological polar surface area (TPSA) is 27.5 Å². The summed E-state index contributed by atoms with van der Waals surface area (Å²) in [6.07, 6.45) is -2.21. The summed E-state index contributed by atoms with van der Waals surface area (Å²) in [5.74, 6) is -0.600. The van der Waals surface area contributed by atoms with E-state index in [0.717, 1.165) is 18.2 Å². The van der Waals surface area contributed by atoms with E-state index in [1.165, 1.54) is 12.1 Å². The maximum Gasteiger partial charge on any atom is 0.416 e. The van der Waals surface area contributed by atoms with Gasteiger partial charge in [0.1, 0.15) is 12.2 Å². The summed E-state index contributed by atoms with van der Waals surface area (Å²) < 4.78 is 51.2. The molecule has 0 fully saturated rings. The second kappa shape index (κ2) is 5.07. The van der Waals surface area contributed by atoms with Crippen LogP contribution in [0, 0.1) is 5.21 Å². The number of nitrogens with one attached hydrogen (secondary N) is 1. The first-order valence-electron chi connectivity index (χ1n) is 5.25. The number of alkyl halides is 3. The van der Waals surface area contributed by atoms with Crippen LogP contribution in [0.5, 0.6) is 0 Å². The van der Waals surface area contributed by atoms with Gasteiger partial charge in [0.05, 0.1) is 11.1 Å². The number of allylic oxidation sites excluding steroid dienone is 2. The highest BCUT2D eigenvalue weighted by molar-refractivity contribution is 9.10. The Hall–Kier alpha value is -1.18. The highest BCUT2D eigenvalue weighted by atomic mass is 79.9. The molecule has 1 aromatic carbocycles. The van der Waals surface area contributed by atoms with E-state index in [2.05, 4.69) is 15.9 Å². The fourth-order valence-corrected chi connectivity index (χ4v) is 2.18. The number of rotatable bonds is 1. The Kier molecular flexibility index (Phi) is 3.80. The lowest BCUT2D eigenvalue weighted by Crippen LogP contribution is -3.04. The molecule has 102 valence electrons. The first-order valence-corrected chi connectivity index (χ1v) is 6.05. The molecule has 0 saturated heterocycles. The van der Waals surface area contributed by atoms with Crippen molar-refractivity contribution in [2.45, 2.75) is 6.18 Å². The molecule has 0 radical (unpaired) electrons. The molecule has 19 heavy (non-hydrogen) atoms. The summed E-state index contributed by atoms with van der Waals surface area (Å²) >= 11 is 3.10. The minimum Gasteiger partial charge on any atom is -0.629 e. The fourth-order valence-electron chi connectivity index (χ4n) is 1.72. The molecule has 0 saturated carbocycles. The monoisotopic (exact) mass is 337 g/mol. The lowest BCUT2D eigenvalue weighted by atomic mass is 10.1. The Morgan fingerprint density at radius 2 is 1.89 bits per heavy atom. The van der Waals surface area contributed by atoms with Crippen molar-refractivity contribution < 1.29 is 22.6 Å². The minimum atomic E-state index is -4.49. The number of hydroxylamine groups is 2. The molecule has 0 aromatic heterocycles. The van der Waals surface area contributed by atoms with Gasteiger partial charge in [0.25, 0.3) is 0 Å². The van der Waals surface area contributed by atoms with Crippen molar-refractivity contribution >= 4 is 21.6 Å². The predicted octanol–water partition coefficient (Wildman–Crippen LogP) is 3.06. The van der Waals surface area contributed by atoms with Crippen molar-refractivity contribution in [1.82, 2.24) is 0 Å². The van der Waals surface area contributed by atoms with Crippen LogP contribution >= 0.6 is 15.9 Å². The lowest BCUT2D eigenvalue weighted by molar-refractivity contribution is -0.764. The third kappa shape index (κ3) is 3.05. The number of quaternary nitrogens is 1. The second-order valence-electron chi connectivity index (χ2n) is 3.99. The van der Waals surface area contributed by atoms with Crippen LogP contribution in [0.4, 0.5) is 17.6 Å². The van der Waals surface area contributed by atoms with Crippen LogP contribution in [-0.4, -0.2) is 6.54 Å². The van der Waals surface area contributed by atoms with Crippen molar-refractivity contribution in [2.24, 2.45) is 0 Å². The second-order valence-corrected chi connectivity index (χ2v) is 4.84. The highest BCUT2D eigenvalue weighted by Gasteiger charge is 2.32. The smallest absolute Gasteiger partial charge is 0.416 e. The molecule has 2 nitrogen and oxygen atoms in total. The SMILES string of the molecule is [O-][NH+]1CC(F)=CC=C1c1cc(C(F)(F)F)ccc1Br. The van der Waals surface area contributed by atoms with Gasteiger partial charge in [0.2, 0.25) is 0 Å². The molecular formula is C12H8BrF4NO. The first-order chi connectivity index (χ1) is 8.79. The van der Waals surface area contributed by atoms with Crippen LogP contribution in [0.15, 0.2) is 40.7 Å². The zero-order chi connectivity index (χ0) is 14.2. The highest BCUT2D eigenvalue weighted by Crippen LogP contribution is 2.33. The van der Waals surface area contributed by atoms with Gasteiger partial charge < -0.3 is 10.3 Å². The molecule has 1 heterocycles. The Morgan fingerprint density at radius 3 is 2.47 bits per heavy atom. The lowest BCUT2D eigenvalue weighted by Gasteiger charge is -2.27. The van der Waals surface area contributed by atoms with E-state index in [1.54, 1.807) is 0 Å². The van der Waals surface area contributed by atoms with Gasteiger partial charge in [-0.2, -0.15) is 13.2 Å². The van der Waals surface area contributed by atoms with Crippen molar-refractivity contribution in [3.8, 4) is 0 Å². The van der Waals surface area contributed by atoms with Gasteiger partial charge in [0, 0.05) is 10.5 Å². The molecule has 0 amide bonds. The molecule has 2 rings (SSSR count). The largest absolute Gasteiger partial charge is 0.629 e. The molecule has 1 N–H and O–H groups in total. The van der Waals surface area contributed by atoms with Gasteiger partial charge in [-0.3, -0.25) is 0 Å². The molecule has 0 bridgehead atoms. The summed E-state index contributed by atoms with van der Waals surface area (Å²) in [7, 11) is 0. The van der Waals surface area contributed by atoms with Crippen LogP contribution in [-0.2, 0) is 6.18 Å². The van der Waals surface area contributed by atoms with Crippen molar-refractivity contribution in [3.63, 3.8) is 0 Å². The molecule has 0 aliphatic carbocycles. The predicted molar refractivity (Wildman–Crippen MR) is 65.5 cm³/mol. The third-order valence-corrected chi connectivity index (χ3v) is 3.34. The maximum atomic E-state index is 12.9. The Morgan fingerprint density at radius 1 is 1.21 bits per heavy atom. The van der Waals surface area contributed by atoms with Crippen LogP contribution in [0.1, 0.15) is 11.1 Å². The zero-order valence-corrected chi connectivity index (χ0v) is 11.0. The van der Waals surface area contributed by atoms with Crippen LogP contribution in [0.2, 0.25) is 0 Å². The summed E-state index contributed by atoms with van der Waals surface area (Å²) in [6, 6.07) is 3.02. The van der Waals surface area contributed by atoms with Crippen molar-refractivity contribution in [3.05, 3.63) is 57.0 Å². The van der Waals surface area contributed by atoms with E-state index in [0.29, 0.717) is 4.47 Å². The summed E-state index contributed by atoms with van der Waals surface area (Å²) in [4.78, 5) is 0. The molecule has 1 aliphatic heterocycles. The average Bonchev–Trinajstić information content (AvgIpc) is 2.29. The average molecular weight is 338 g/mol. The van der Waals surface area contributed by atoms with E-state index in [9.17, 15) is 22.8 Å². The fraction of sp³-hybridized carbons (Fsp3) is 0.167. The van der Waals surface area contributed by atoms with E-state index >= 15 is 0 Å². The quantitative estimate of drug-likeness (QED) is 0.619. The molecule has 1 aromatic rings. The normalized spacial score (nSPS) is 20.0. The van der Waals surface area contributed by atoms with Gasteiger partial charge in [-0.05, 0) is 40.2 Å². The van der Waals surface area contributed by atoms with Gasteiger partial charge in [-0.1, -0.05) is 0 Å². The minimum absolute atomic E-state index is 0.0689. The van der Waals surface area contributed by atoms with Crippen LogP contribution in [0.3, 0.4) is 0 Å². The van der Waals surface area contributed by atoms with E-state index in [-0.39, 0.29) is 11.3 Å². The summed E-state index contributed by atoms with van der Waals surface area (Å²) in [5.41, 5.74) is -0.669. The molecule has 1 aliphatic rings. The Bertz CT molecular complexity index is 565. The standard InChI is InChI=1S/C12H8BrF4NO/c13-10-3-1-7(12(15,16)17)5-9(10)11-4-2-8(14)6-18(11)19/h1-5,18H,6H2. The van der Waals surface area contributed by atoms with E-state index < -0.39 is 29.2 Å². The Balaban J connectivity index is 2.51. The maximum absolute atomic E-state index is 12.9.